The van der Waals surface area contributed by atoms with Crippen molar-refractivity contribution in [3.8, 4) is 0 Å². The maximum absolute atomic E-state index is 12.9. The van der Waals surface area contributed by atoms with Gasteiger partial charge in [-0.1, -0.05) is 64.3 Å². The molecule has 0 aliphatic rings. The van der Waals surface area contributed by atoms with Crippen molar-refractivity contribution in [3.63, 3.8) is 0 Å². The number of hydrogen-bond acceptors (Lipinski definition) is 15. The lowest BCUT2D eigenvalue weighted by Gasteiger charge is -2.35. The molecule has 0 heterocycles. The summed E-state index contributed by atoms with van der Waals surface area (Å²) >= 11 is 0. The number of esters is 2. The molecule has 0 fully saturated rings. The van der Waals surface area contributed by atoms with Crippen LogP contribution in [0.25, 0.3) is 0 Å². The molecule has 0 saturated carbocycles. The third-order valence-electron chi connectivity index (χ3n) is 8.12. The van der Waals surface area contributed by atoms with Crippen LogP contribution >= 0.6 is 0 Å². The molecule has 0 bridgehead atoms. The lowest BCUT2D eigenvalue weighted by Crippen LogP contribution is -2.64. The van der Waals surface area contributed by atoms with Gasteiger partial charge >= 0.3 is 42.0 Å². The zero-order valence-corrected chi connectivity index (χ0v) is 38.8. The second-order valence-corrected chi connectivity index (χ2v) is 14.1. The van der Waals surface area contributed by atoms with Crippen molar-refractivity contribution < 1.29 is 96.7 Å². The Morgan fingerprint density at radius 2 is 1.01 bits per heavy atom. The van der Waals surface area contributed by atoms with Crippen molar-refractivity contribution in [3.05, 3.63) is 71.8 Å². The molecule has 0 spiro atoms. The average Bonchev–Trinajstić information content (AvgIpc) is 3.26. The van der Waals surface area contributed by atoms with Gasteiger partial charge in [-0.15, -0.1) is 0 Å². The van der Waals surface area contributed by atoms with Gasteiger partial charge in [0.15, 0.2) is 0 Å². The number of unbranched alkanes of at least 4 members (excludes halogenated alkanes) is 5. The Morgan fingerprint density at radius 3 is 1.46 bits per heavy atom. The maximum atomic E-state index is 12.9. The number of nitrogens with two attached hydrogens (primary N) is 3. The van der Waals surface area contributed by atoms with Crippen molar-refractivity contribution in [2.45, 2.75) is 104 Å². The van der Waals surface area contributed by atoms with Crippen LogP contribution in [0.1, 0.15) is 76.8 Å². The quantitative estimate of drug-likeness (QED) is 0.0154. The number of ether oxygens (including phenoxy) is 6. The van der Waals surface area contributed by atoms with Crippen LogP contribution in [0.2, 0.25) is 0 Å². The molecule has 0 aliphatic heterocycles. The van der Waals surface area contributed by atoms with E-state index >= 15 is 0 Å². The topological polar surface area (TPSA) is 248 Å². The Morgan fingerprint density at radius 1 is 0.594 bits per heavy atom. The Bertz CT molecular complexity index is 1870. The van der Waals surface area contributed by atoms with Gasteiger partial charge in [0.1, 0.15) is 26.4 Å². The van der Waals surface area contributed by atoms with Crippen LogP contribution in [0.4, 0.5) is 67.1 Å². The number of alkyl halides is 9. The number of carbonyl (C=O) groups excluding carboxylic acids is 6. The third-order valence-corrected chi connectivity index (χ3v) is 8.12. The summed E-state index contributed by atoms with van der Waals surface area (Å²) in [5.41, 5.74) is 15.1. The SMILES string of the molecule is C=C(C)C(=O)OCCOC(=O)Nc1cc(N)ccc1C.C=C(C)C(=O)OCCOC=O.CCCCCCCCOC=O.Cc1ccc(N)cc1N.O=COCCC(F)(F)C(F)(C(F)(F)F)C(F)(F)F. The van der Waals surface area contributed by atoms with Crippen LogP contribution < -0.4 is 22.5 Å². The molecular weight excluding hydrogens is 947 g/mol. The summed E-state index contributed by atoms with van der Waals surface area (Å²) < 4.78 is 137. The maximum Gasteiger partial charge on any atom is 0.437 e. The van der Waals surface area contributed by atoms with Gasteiger partial charge in [0, 0.05) is 40.3 Å². The van der Waals surface area contributed by atoms with Gasteiger partial charge in [0.2, 0.25) is 0 Å². The van der Waals surface area contributed by atoms with Gasteiger partial charge in [-0.2, -0.15) is 26.3 Å². The lowest BCUT2D eigenvalue weighted by molar-refractivity contribution is -0.397. The fourth-order valence-electron chi connectivity index (χ4n) is 4.32. The van der Waals surface area contributed by atoms with Crippen LogP contribution in [0, 0.1) is 13.8 Å². The van der Waals surface area contributed by atoms with Crippen molar-refractivity contribution >= 4 is 60.2 Å². The lowest BCUT2D eigenvalue weighted by atomic mass is 9.93. The first-order valence-electron chi connectivity index (χ1n) is 20.4. The van der Waals surface area contributed by atoms with Gasteiger partial charge in [0.05, 0.1) is 13.2 Å². The average molecular weight is 1010 g/mol. The molecule has 0 aliphatic carbocycles. The second-order valence-electron chi connectivity index (χ2n) is 14.1. The van der Waals surface area contributed by atoms with Gasteiger partial charge in [-0.05, 0) is 69.5 Å². The van der Waals surface area contributed by atoms with E-state index in [0.29, 0.717) is 42.1 Å². The highest BCUT2D eigenvalue weighted by Gasteiger charge is 2.83. The minimum atomic E-state index is -6.87. The number of nitrogen functional groups attached to an aromatic ring is 3. The summed E-state index contributed by atoms with van der Waals surface area (Å²) in [5.74, 6) is -6.81. The van der Waals surface area contributed by atoms with E-state index in [9.17, 15) is 68.3 Å². The molecular formula is C44H61F9N4O12. The molecule has 25 heteroatoms. The number of hydrogen-bond donors (Lipinski definition) is 4. The van der Waals surface area contributed by atoms with Crippen molar-refractivity contribution in [1.82, 2.24) is 0 Å². The summed E-state index contributed by atoms with van der Waals surface area (Å²) in [6.07, 6.45) is -9.22. The van der Waals surface area contributed by atoms with Crippen LogP contribution in [0.15, 0.2) is 60.7 Å². The zero-order valence-electron chi connectivity index (χ0n) is 38.8. The predicted octanol–water partition coefficient (Wildman–Crippen LogP) is 9.22. The fourth-order valence-corrected chi connectivity index (χ4v) is 4.32. The van der Waals surface area contributed by atoms with E-state index in [1.807, 2.05) is 26.0 Å². The Labute approximate surface area is 394 Å². The second kappa shape index (κ2) is 35.5. The highest BCUT2D eigenvalue weighted by atomic mass is 19.4. The summed E-state index contributed by atoms with van der Waals surface area (Å²) in [5, 5.41) is 2.56. The van der Waals surface area contributed by atoms with Gasteiger partial charge < -0.3 is 45.6 Å². The number of amides is 1. The monoisotopic (exact) mass is 1010 g/mol. The normalized spacial score (nSPS) is 10.7. The van der Waals surface area contributed by atoms with E-state index in [2.05, 4.69) is 44.3 Å². The van der Waals surface area contributed by atoms with Crippen molar-refractivity contribution in [2.75, 3.05) is 62.2 Å². The Hall–Kier alpha value is -6.69. The highest BCUT2D eigenvalue weighted by Crippen LogP contribution is 2.55. The van der Waals surface area contributed by atoms with Gasteiger partial charge in [-0.25, -0.2) is 27.6 Å². The molecule has 1 amide bonds. The highest BCUT2D eigenvalue weighted by molar-refractivity contribution is 5.88. The molecule has 0 unspecified atom stereocenters. The molecule has 2 aromatic rings. The molecule has 2 aromatic carbocycles. The largest absolute Gasteiger partial charge is 0.468 e. The molecule has 392 valence electrons. The van der Waals surface area contributed by atoms with Crippen LogP contribution in [0.3, 0.4) is 0 Å². The molecule has 0 aromatic heterocycles. The first-order valence-corrected chi connectivity index (χ1v) is 20.4. The predicted molar refractivity (Wildman–Crippen MR) is 237 cm³/mol. The Kier molecular flexibility index (Phi) is 34.2. The van der Waals surface area contributed by atoms with Crippen LogP contribution in [-0.2, 0) is 52.4 Å². The number of benzene rings is 2. The van der Waals surface area contributed by atoms with E-state index in [4.69, 9.17) is 26.7 Å². The summed E-state index contributed by atoms with van der Waals surface area (Å²) in [7, 11) is 0. The number of nitrogens with one attached hydrogen (secondary N) is 1. The number of anilines is 4. The first-order chi connectivity index (χ1) is 32.0. The van der Waals surface area contributed by atoms with E-state index < -0.39 is 61.5 Å². The number of aryl methyl sites for hydroxylation is 2. The van der Waals surface area contributed by atoms with E-state index in [1.165, 1.54) is 32.1 Å². The fraction of sp³-hybridized carbons (Fsp3) is 0.500. The number of carbonyl (C=O) groups is 6. The smallest absolute Gasteiger partial charge is 0.437 e. The van der Waals surface area contributed by atoms with Crippen molar-refractivity contribution in [2.24, 2.45) is 0 Å². The summed E-state index contributed by atoms with van der Waals surface area (Å²) in [4.78, 5) is 62.1. The summed E-state index contributed by atoms with van der Waals surface area (Å²) in [6.45, 7) is 15.4. The van der Waals surface area contributed by atoms with E-state index in [1.54, 1.807) is 38.1 Å². The molecule has 7 N–H and O–H groups in total. The zero-order chi connectivity index (χ0) is 53.9. The van der Waals surface area contributed by atoms with E-state index in [0.717, 1.165) is 28.9 Å². The standard InChI is InChI=1S/C14H18N2O4.C9H18O2.C7H5F9O2.C7H10N2.C7H10O4/c1-9(2)13(17)19-6-7-20-14(18)16-12-8-11(15)5-4-10(12)3;1-2-3-4-5-6-7-8-11-9-10;8-4(9,1-2-18-3-17)5(10,6(11,12)13)7(14,15)16;1-5-2-3-6(8)4-7(5)9;1-6(2)7(9)11-4-3-10-5-8/h4-5,8H,1,6-7,15H2,2-3H3,(H,16,18);9H,2-8H2,1H3;3H,1-2H2;2-4H,8-9H2,1H3;5H,1,3-4H2,2H3. The molecule has 2 rings (SSSR count). The Balaban J connectivity index is -0.000000816. The minimum absolute atomic E-state index is 0.0188. The van der Waals surface area contributed by atoms with E-state index in [-0.39, 0.29) is 26.4 Å². The number of halogens is 9. The molecule has 0 atom stereocenters. The van der Waals surface area contributed by atoms with Gasteiger partial charge in [-0.3, -0.25) is 19.7 Å². The summed E-state index contributed by atoms with van der Waals surface area (Å²) in [6, 6.07) is 10.7. The van der Waals surface area contributed by atoms with Gasteiger partial charge in [0.25, 0.3) is 19.4 Å². The van der Waals surface area contributed by atoms with Crippen LogP contribution in [0.5, 0.6) is 0 Å². The third kappa shape index (κ3) is 29.6. The molecule has 16 nitrogen and oxygen atoms in total. The molecule has 69 heavy (non-hydrogen) atoms. The van der Waals surface area contributed by atoms with Crippen molar-refractivity contribution in [1.29, 1.82) is 0 Å². The first kappa shape index (κ1) is 66.6. The number of rotatable bonds is 23. The van der Waals surface area contributed by atoms with Crippen LogP contribution in [-0.4, -0.2) is 101 Å². The molecule has 0 saturated heterocycles. The molecule has 0 radical (unpaired) electrons. The minimum Gasteiger partial charge on any atom is -0.468 e.